The van der Waals surface area contributed by atoms with Crippen molar-refractivity contribution in [2.45, 2.75) is 51.6 Å². The standard InChI is InChI=1S/C15H22N4O4/c1-2-5-13(20)19-8-4-3-6-11(19)15(23)16-12-7-9-18(17-12)10-14(21)22/h7,9,11H,2-6,8,10H2,1H3,(H,21,22)(H,16,17,23). The van der Waals surface area contributed by atoms with Crippen molar-refractivity contribution in [3.8, 4) is 0 Å². The fraction of sp³-hybridized carbons (Fsp3) is 0.600. The van der Waals surface area contributed by atoms with Crippen molar-refractivity contribution in [1.29, 1.82) is 0 Å². The number of rotatable bonds is 6. The van der Waals surface area contributed by atoms with Crippen LogP contribution in [0.2, 0.25) is 0 Å². The molecular weight excluding hydrogens is 300 g/mol. The van der Waals surface area contributed by atoms with Crippen molar-refractivity contribution in [1.82, 2.24) is 14.7 Å². The van der Waals surface area contributed by atoms with Crippen LogP contribution in [0.25, 0.3) is 0 Å². The first-order chi connectivity index (χ1) is 11.0. The van der Waals surface area contributed by atoms with Gasteiger partial charge in [-0.25, -0.2) is 0 Å². The number of carboxylic acid groups (broad SMARTS) is 1. The molecule has 0 aromatic carbocycles. The van der Waals surface area contributed by atoms with E-state index in [2.05, 4.69) is 10.4 Å². The highest BCUT2D eigenvalue weighted by Gasteiger charge is 2.31. The minimum atomic E-state index is -1.01. The van der Waals surface area contributed by atoms with Gasteiger partial charge in [-0.3, -0.25) is 19.1 Å². The predicted octanol–water partition coefficient (Wildman–Crippen LogP) is 1.09. The van der Waals surface area contributed by atoms with E-state index in [4.69, 9.17) is 5.11 Å². The Morgan fingerprint density at radius 3 is 2.87 bits per heavy atom. The smallest absolute Gasteiger partial charge is 0.325 e. The SMILES string of the molecule is CCCC(=O)N1CCCCC1C(=O)Nc1ccn(CC(=O)O)n1. The number of hydrogen-bond acceptors (Lipinski definition) is 4. The number of likely N-dealkylation sites (tertiary alicyclic amines) is 1. The molecular formula is C15H22N4O4. The van der Waals surface area contributed by atoms with Crippen molar-refractivity contribution in [3.63, 3.8) is 0 Å². The summed E-state index contributed by atoms with van der Waals surface area (Å²) < 4.78 is 1.23. The van der Waals surface area contributed by atoms with E-state index in [1.807, 2.05) is 6.92 Å². The summed E-state index contributed by atoms with van der Waals surface area (Å²) in [7, 11) is 0. The summed E-state index contributed by atoms with van der Waals surface area (Å²) in [6.45, 7) is 2.27. The van der Waals surface area contributed by atoms with Gasteiger partial charge in [0.2, 0.25) is 11.8 Å². The highest BCUT2D eigenvalue weighted by molar-refractivity contribution is 5.96. The lowest BCUT2D eigenvalue weighted by Crippen LogP contribution is -2.50. The van der Waals surface area contributed by atoms with Gasteiger partial charge >= 0.3 is 5.97 Å². The lowest BCUT2D eigenvalue weighted by Gasteiger charge is -2.34. The van der Waals surface area contributed by atoms with Crippen molar-refractivity contribution >= 4 is 23.6 Å². The zero-order valence-corrected chi connectivity index (χ0v) is 13.2. The van der Waals surface area contributed by atoms with Crippen LogP contribution in [0, 0.1) is 0 Å². The maximum atomic E-state index is 12.4. The summed E-state index contributed by atoms with van der Waals surface area (Å²) in [5, 5.41) is 15.4. The second kappa shape index (κ2) is 7.75. The molecule has 2 amide bonds. The second-order valence-electron chi connectivity index (χ2n) is 5.63. The molecule has 1 aromatic rings. The number of aliphatic carboxylic acids is 1. The number of piperidine rings is 1. The Labute approximate surface area is 134 Å². The minimum Gasteiger partial charge on any atom is -0.480 e. The molecule has 1 unspecified atom stereocenters. The molecule has 23 heavy (non-hydrogen) atoms. The largest absolute Gasteiger partial charge is 0.480 e. The summed E-state index contributed by atoms with van der Waals surface area (Å²) in [5.41, 5.74) is 0. The van der Waals surface area contributed by atoms with E-state index in [0.717, 1.165) is 19.3 Å². The van der Waals surface area contributed by atoms with E-state index in [1.165, 1.54) is 10.9 Å². The minimum absolute atomic E-state index is 0.00348. The molecule has 2 heterocycles. The van der Waals surface area contributed by atoms with Gasteiger partial charge in [0, 0.05) is 25.2 Å². The number of hydrogen-bond donors (Lipinski definition) is 2. The molecule has 126 valence electrons. The molecule has 1 saturated heterocycles. The van der Waals surface area contributed by atoms with Crippen LogP contribution < -0.4 is 5.32 Å². The molecule has 0 aliphatic carbocycles. The fourth-order valence-electron chi connectivity index (χ4n) is 2.72. The number of nitrogens with one attached hydrogen (secondary N) is 1. The highest BCUT2D eigenvalue weighted by atomic mass is 16.4. The summed E-state index contributed by atoms with van der Waals surface area (Å²) in [6, 6.07) is 1.06. The molecule has 1 fully saturated rings. The molecule has 0 saturated carbocycles. The van der Waals surface area contributed by atoms with Gasteiger partial charge in [-0.05, 0) is 25.7 Å². The third-order valence-electron chi connectivity index (χ3n) is 3.78. The van der Waals surface area contributed by atoms with Crippen LogP contribution in [0.1, 0.15) is 39.0 Å². The first kappa shape index (κ1) is 17.0. The van der Waals surface area contributed by atoms with Gasteiger partial charge in [-0.2, -0.15) is 5.10 Å². The fourth-order valence-corrected chi connectivity index (χ4v) is 2.72. The normalized spacial score (nSPS) is 17.8. The van der Waals surface area contributed by atoms with Gasteiger partial charge < -0.3 is 15.3 Å². The predicted molar refractivity (Wildman–Crippen MR) is 82.8 cm³/mol. The molecule has 1 aliphatic heterocycles. The number of carboxylic acids is 1. The summed E-state index contributed by atoms with van der Waals surface area (Å²) in [5.74, 6) is -0.974. The average molecular weight is 322 g/mol. The Balaban J connectivity index is 2.01. The van der Waals surface area contributed by atoms with Crippen molar-refractivity contribution in [2.75, 3.05) is 11.9 Å². The van der Waals surface area contributed by atoms with Crippen molar-refractivity contribution in [3.05, 3.63) is 12.3 Å². The van der Waals surface area contributed by atoms with E-state index < -0.39 is 12.0 Å². The molecule has 8 heteroatoms. The number of carbonyl (C=O) groups is 3. The third kappa shape index (κ3) is 4.54. The monoisotopic (exact) mass is 322 g/mol. The summed E-state index contributed by atoms with van der Waals surface area (Å²) >= 11 is 0. The van der Waals surface area contributed by atoms with Crippen LogP contribution >= 0.6 is 0 Å². The van der Waals surface area contributed by atoms with E-state index in [0.29, 0.717) is 25.2 Å². The van der Waals surface area contributed by atoms with Gasteiger partial charge in [0.15, 0.2) is 5.82 Å². The molecule has 0 bridgehead atoms. The van der Waals surface area contributed by atoms with Crippen molar-refractivity contribution in [2.24, 2.45) is 0 Å². The Morgan fingerprint density at radius 1 is 1.39 bits per heavy atom. The summed E-state index contributed by atoms with van der Waals surface area (Å²) in [6.07, 6.45) is 5.13. The molecule has 2 N–H and O–H groups in total. The molecule has 1 aromatic heterocycles. The molecule has 8 nitrogen and oxygen atoms in total. The van der Waals surface area contributed by atoms with Crippen LogP contribution in [-0.2, 0) is 20.9 Å². The number of nitrogens with zero attached hydrogens (tertiary/aromatic N) is 3. The first-order valence-electron chi connectivity index (χ1n) is 7.87. The van der Waals surface area contributed by atoms with Gasteiger partial charge in [0.25, 0.3) is 0 Å². The number of carbonyl (C=O) groups excluding carboxylic acids is 2. The zero-order valence-electron chi connectivity index (χ0n) is 13.2. The van der Waals surface area contributed by atoms with Gasteiger partial charge in [0.1, 0.15) is 12.6 Å². The van der Waals surface area contributed by atoms with Gasteiger partial charge in [-0.15, -0.1) is 0 Å². The van der Waals surface area contributed by atoms with Crippen LogP contribution in [-0.4, -0.2) is 50.2 Å². The third-order valence-corrected chi connectivity index (χ3v) is 3.78. The Kier molecular flexibility index (Phi) is 5.72. The van der Waals surface area contributed by atoms with Crippen LogP contribution in [0.3, 0.4) is 0 Å². The molecule has 0 radical (unpaired) electrons. The summed E-state index contributed by atoms with van der Waals surface area (Å²) in [4.78, 5) is 36.9. The number of amides is 2. The average Bonchev–Trinajstić information content (AvgIpc) is 2.93. The first-order valence-corrected chi connectivity index (χ1v) is 7.87. The highest BCUT2D eigenvalue weighted by Crippen LogP contribution is 2.20. The molecule has 1 atom stereocenters. The topological polar surface area (TPSA) is 105 Å². The quantitative estimate of drug-likeness (QED) is 0.815. The number of aromatic nitrogens is 2. The van der Waals surface area contributed by atoms with E-state index in [1.54, 1.807) is 11.0 Å². The zero-order chi connectivity index (χ0) is 16.8. The Morgan fingerprint density at radius 2 is 2.17 bits per heavy atom. The van der Waals surface area contributed by atoms with E-state index in [9.17, 15) is 14.4 Å². The number of anilines is 1. The molecule has 2 rings (SSSR count). The van der Waals surface area contributed by atoms with Crippen LogP contribution in [0.4, 0.5) is 5.82 Å². The lowest BCUT2D eigenvalue weighted by molar-refractivity contribution is -0.140. The molecule has 0 spiro atoms. The Bertz CT molecular complexity index is 584. The van der Waals surface area contributed by atoms with E-state index >= 15 is 0 Å². The second-order valence-corrected chi connectivity index (χ2v) is 5.63. The van der Waals surface area contributed by atoms with Gasteiger partial charge in [-0.1, -0.05) is 6.92 Å². The van der Waals surface area contributed by atoms with Crippen molar-refractivity contribution < 1.29 is 19.5 Å². The van der Waals surface area contributed by atoms with Gasteiger partial charge in [0.05, 0.1) is 0 Å². The molecule has 1 aliphatic rings. The lowest BCUT2D eigenvalue weighted by atomic mass is 10.0. The van der Waals surface area contributed by atoms with Crippen LogP contribution in [0.5, 0.6) is 0 Å². The van der Waals surface area contributed by atoms with Crippen LogP contribution in [0.15, 0.2) is 12.3 Å². The Hall–Kier alpha value is -2.38. The maximum absolute atomic E-state index is 12.4. The maximum Gasteiger partial charge on any atom is 0.325 e. The van der Waals surface area contributed by atoms with E-state index in [-0.39, 0.29) is 18.4 Å².